The average Bonchev–Trinajstić information content (AvgIpc) is 2.61. The van der Waals surface area contributed by atoms with Crippen molar-refractivity contribution < 1.29 is 14.4 Å². The number of ether oxygens (including phenoxy) is 1. The molecular weight excluding hydrogens is 290 g/mol. The Morgan fingerprint density at radius 1 is 1.04 bits per heavy atom. The zero-order chi connectivity index (χ0) is 16.3. The maximum atomic E-state index is 12.8. The fraction of sp³-hybridized carbons (Fsp3) is 0.421. The molecule has 2 aromatic rings. The number of fused-ring (bicyclic) bond motifs is 1. The third kappa shape index (κ3) is 3.09. The van der Waals surface area contributed by atoms with E-state index in [1.165, 1.54) is 6.42 Å². The molecule has 0 bridgehead atoms. The summed E-state index contributed by atoms with van der Waals surface area (Å²) in [5.74, 6) is -0.363. The number of rotatable bonds is 4. The Morgan fingerprint density at radius 3 is 2.48 bits per heavy atom. The van der Waals surface area contributed by atoms with E-state index < -0.39 is 5.60 Å². The van der Waals surface area contributed by atoms with Gasteiger partial charge in [-0.25, -0.2) is 4.79 Å². The highest BCUT2D eigenvalue weighted by Crippen LogP contribution is 2.33. The fourth-order valence-corrected chi connectivity index (χ4v) is 3.11. The monoisotopic (exact) mass is 313 g/mol. The number of methoxy groups -OCH3 is 1. The zero-order valence-electron chi connectivity index (χ0n) is 13.7. The van der Waals surface area contributed by atoms with Gasteiger partial charge in [0.25, 0.3) is 0 Å². The van der Waals surface area contributed by atoms with Crippen LogP contribution in [0.2, 0.25) is 0 Å². The number of hydroxylamine groups is 2. The van der Waals surface area contributed by atoms with Crippen molar-refractivity contribution in [2.45, 2.75) is 31.8 Å². The lowest BCUT2D eigenvalue weighted by Crippen LogP contribution is -2.42. The summed E-state index contributed by atoms with van der Waals surface area (Å²) in [4.78, 5) is 18.4. The quantitative estimate of drug-likeness (QED) is 0.864. The van der Waals surface area contributed by atoms with Crippen molar-refractivity contribution in [2.75, 3.05) is 20.2 Å². The molecule has 4 nitrogen and oxygen atoms in total. The Labute approximate surface area is 136 Å². The van der Waals surface area contributed by atoms with Crippen LogP contribution < -0.4 is 0 Å². The van der Waals surface area contributed by atoms with Gasteiger partial charge in [0.15, 0.2) is 5.60 Å². The molecule has 23 heavy (non-hydrogen) atoms. The second kappa shape index (κ2) is 6.69. The molecule has 0 amide bonds. The third-order valence-corrected chi connectivity index (χ3v) is 4.63. The topological polar surface area (TPSA) is 38.8 Å². The van der Waals surface area contributed by atoms with Gasteiger partial charge in [-0.15, -0.1) is 5.06 Å². The van der Waals surface area contributed by atoms with Crippen molar-refractivity contribution in [2.24, 2.45) is 0 Å². The summed E-state index contributed by atoms with van der Waals surface area (Å²) in [7, 11) is 1.55. The highest BCUT2D eigenvalue weighted by atomic mass is 16.7. The minimum absolute atomic E-state index is 0.363. The Balaban J connectivity index is 1.93. The average molecular weight is 313 g/mol. The van der Waals surface area contributed by atoms with E-state index in [9.17, 15) is 4.79 Å². The first-order chi connectivity index (χ1) is 11.1. The van der Waals surface area contributed by atoms with Crippen molar-refractivity contribution in [1.29, 1.82) is 0 Å². The molecule has 1 unspecified atom stereocenters. The minimum atomic E-state index is -1.13. The Hall–Kier alpha value is -1.91. The number of carbonyl (C=O) groups excluding carboxylic acids is 1. The number of hydrogen-bond donors (Lipinski definition) is 0. The summed E-state index contributed by atoms with van der Waals surface area (Å²) >= 11 is 0. The molecule has 1 saturated heterocycles. The molecule has 3 rings (SSSR count). The summed E-state index contributed by atoms with van der Waals surface area (Å²) in [5.41, 5.74) is -0.293. The van der Waals surface area contributed by atoms with E-state index in [0.29, 0.717) is 0 Å². The van der Waals surface area contributed by atoms with Crippen molar-refractivity contribution in [3.8, 4) is 0 Å². The second-order valence-corrected chi connectivity index (χ2v) is 6.13. The number of hydrogen-bond acceptors (Lipinski definition) is 4. The van der Waals surface area contributed by atoms with Gasteiger partial charge in [-0.1, -0.05) is 48.9 Å². The molecule has 2 aromatic carbocycles. The molecule has 1 fully saturated rings. The number of nitrogens with zero attached hydrogens (tertiary/aromatic N) is 1. The minimum Gasteiger partial charge on any atom is -0.365 e. The first kappa shape index (κ1) is 16.0. The van der Waals surface area contributed by atoms with Crippen LogP contribution in [0.5, 0.6) is 0 Å². The van der Waals surface area contributed by atoms with Gasteiger partial charge in [-0.3, -0.25) is 0 Å². The van der Waals surface area contributed by atoms with E-state index in [1.54, 1.807) is 19.1 Å². The normalized spacial score (nSPS) is 18.5. The molecule has 122 valence electrons. The van der Waals surface area contributed by atoms with Crippen LogP contribution in [0, 0.1) is 0 Å². The van der Waals surface area contributed by atoms with Crippen LogP contribution >= 0.6 is 0 Å². The van der Waals surface area contributed by atoms with Gasteiger partial charge in [-0.2, -0.15) is 0 Å². The van der Waals surface area contributed by atoms with E-state index in [1.807, 2.05) is 42.5 Å². The lowest BCUT2D eigenvalue weighted by molar-refractivity contribution is -0.216. The predicted molar refractivity (Wildman–Crippen MR) is 89.8 cm³/mol. The van der Waals surface area contributed by atoms with Gasteiger partial charge >= 0.3 is 5.97 Å². The van der Waals surface area contributed by atoms with Gasteiger partial charge in [0.05, 0.1) is 0 Å². The molecular formula is C19H23NO3. The van der Waals surface area contributed by atoms with Crippen LogP contribution in [0.3, 0.4) is 0 Å². The van der Waals surface area contributed by atoms with Gasteiger partial charge in [-0.05, 0) is 30.5 Å². The van der Waals surface area contributed by atoms with Crippen molar-refractivity contribution in [3.63, 3.8) is 0 Å². The van der Waals surface area contributed by atoms with E-state index >= 15 is 0 Å². The van der Waals surface area contributed by atoms with Crippen molar-refractivity contribution in [3.05, 3.63) is 48.0 Å². The zero-order valence-corrected chi connectivity index (χ0v) is 13.7. The summed E-state index contributed by atoms with van der Waals surface area (Å²) in [6.07, 6.45) is 3.31. The van der Waals surface area contributed by atoms with Crippen LogP contribution in [0.15, 0.2) is 42.5 Å². The molecule has 1 heterocycles. The summed E-state index contributed by atoms with van der Waals surface area (Å²) in [5, 5.41) is 3.85. The molecule has 0 aliphatic carbocycles. The van der Waals surface area contributed by atoms with Gasteiger partial charge in [0, 0.05) is 25.8 Å². The lowest BCUT2D eigenvalue weighted by Gasteiger charge is -2.32. The molecule has 1 atom stereocenters. The van der Waals surface area contributed by atoms with Crippen LogP contribution in [0.25, 0.3) is 10.8 Å². The molecule has 0 saturated carbocycles. The smallest absolute Gasteiger partial charge is 0.361 e. The van der Waals surface area contributed by atoms with Crippen LogP contribution in [-0.4, -0.2) is 31.2 Å². The highest BCUT2D eigenvalue weighted by molar-refractivity contribution is 5.92. The van der Waals surface area contributed by atoms with Gasteiger partial charge < -0.3 is 9.57 Å². The number of benzene rings is 2. The van der Waals surface area contributed by atoms with E-state index in [0.717, 1.165) is 42.3 Å². The van der Waals surface area contributed by atoms with Crippen LogP contribution in [0.1, 0.15) is 31.7 Å². The van der Waals surface area contributed by atoms with Crippen molar-refractivity contribution in [1.82, 2.24) is 5.06 Å². The summed E-state index contributed by atoms with van der Waals surface area (Å²) in [6, 6.07) is 13.9. The fourth-order valence-electron chi connectivity index (χ4n) is 3.11. The van der Waals surface area contributed by atoms with Crippen molar-refractivity contribution >= 4 is 16.7 Å². The van der Waals surface area contributed by atoms with Gasteiger partial charge in [0.1, 0.15) is 0 Å². The van der Waals surface area contributed by atoms with Crippen LogP contribution in [0.4, 0.5) is 0 Å². The highest BCUT2D eigenvalue weighted by Gasteiger charge is 2.39. The molecule has 1 aliphatic rings. The third-order valence-electron chi connectivity index (χ3n) is 4.63. The summed E-state index contributed by atoms with van der Waals surface area (Å²) in [6.45, 7) is 3.36. The first-order valence-electron chi connectivity index (χ1n) is 8.16. The number of piperidine rings is 1. The lowest BCUT2D eigenvalue weighted by atomic mass is 9.91. The molecule has 0 spiro atoms. The molecule has 1 aliphatic heterocycles. The molecule has 4 heteroatoms. The molecule has 0 aromatic heterocycles. The van der Waals surface area contributed by atoms with Gasteiger partial charge in [0.2, 0.25) is 0 Å². The summed E-state index contributed by atoms with van der Waals surface area (Å²) < 4.78 is 5.63. The van der Waals surface area contributed by atoms with E-state index in [-0.39, 0.29) is 5.97 Å². The number of carbonyl (C=O) groups is 1. The second-order valence-electron chi connectivity index (χ2n) is 6.13. The SMILES string of the molecule is COC(C)(C(=O)ON1CCCCC1)c1cccc2ccccc12. The maximum Gasteiger partial charge on any atom is 0.361 e. The Kier molecular flexibility index (Phi) is 4.64. The Morgan fingerprint density at radius 2 is 1.74 bits per heavy atom. The Bertz CT molecular complexity index is 689. The predicted octanol–water partition coefficient (Wildman–Crippen LogP) is 3.65. The maximum absolute atomic E-state index is 12.8. The first-order valence-corrected chi connectivity index (χ1v) is 8.16. The van der Waals surface area contributed by atoms with E-state index in [2.05, 4.69) is 0 Å². The molecule has 0 radical (unpaired) electrons. The van der Waals surface area contributed by atoms with E-state index in [4.69, 9.17) is 9.57 Å². The largest absolute Gasteiger partial charge is 0.365 e. The van der Waals surface area contributed by atoms with Crippen LogP contribution in [-0.2, 0) is 20.0 Å². The standard InChI is InChI=1S/C19H23NO3/c1-19(22-2,18(21)23-20-13-6-3-7-14-20)17-12-8-10-15-9-4-5-11-16(15)17/h4-5,8-12H,3,6-7,13-14H2,1-2H3. The molecule has 0 N–H and O–H groups in total.